The van der Waals surface area contributed by atoms with Crippen LogP contribution in [0.2, 0.25) is 0 Å². The van der Waals surface area contributed by atoms with Gasteiger partial charge in [-0.2, -0.15) is 5.10 Å². The van der Waals surface area contributed by atoms with E-state index in [-0.39, 0.29) is 23.3 Å². The third-order valence-corrected chi connectivity index (χ3v) is 5.62. The van der Waals surface area contributed by atoms with Gasteiger partial charge in [0.1, 0.15) is 11.3 Å². The van der Waals surface area contributed by atoms with Crippen molar-refractivity contribution in [2.45, 2.75) is 25.9 Å². The van der Waals surface area contributed by atoms with Gasteiger partial charge in [-0.05, 0) is 38.0 Å². The molecule has 0 N–H and O–H groups in total. The van der Waals surface area contributed by atoms with Crippen molar-refractivity contribution in [3.8, 4) is 0 Å². The van der Waals surface area contributed by atoms with Gasteiger partial charge in [0.05, 0.1) is 17.3 Å². The van der Waals surface area contributed by atoms with Gasteiger partial charge in [0.2, 0.25) is 0 Å². The van der Waals surface area contributed by atoms with Crippen LogP contribution in [0.5, 0.6) is 0 Å². The van der Waals surface area contributed by atoms with Crippen LogP contribution < -0.4 is 4.90 Å². The van der Waals surface area contributed by atoms with Gasteiger partial charge in [-0.1, -0.05) is 17.4 Å². The number of rotatable bonds is 4. The molecule has 1 aliphatic heterocycles. The van der Waals surface area contributed by atoms with E-state index in [0.29, 0.717) is 28.7 Å². The highest BCUT2D eigenvalue weighted by Gasteiger charge is 2.28. The molecule has 0 spiro atoms. The Balaban J connectivity index is 1.73. The molecule has 136 valence electrons. The largest absolute Gasteiger partial charge is 0.376 e. The van der Waals surface area contributed by atoms with E-state index in [0.717, 1.165) is 18.5 Å². The monoisotopic (exact) mass is 374 g/mol. The van der Waals surface area contributed by atoms with Gasteiger partial charge in [-0.3, -0.25) is 14.4 Å². The van der Waals surface area contributed by atoms with Gasteiger partial charge in [-0.15, -0.1) is 0 Å². The zero-order chi connectivity index (χ0) is 18.3. The number of fused-ring (bicyclic) bond motifs is 1. The molecule has 1 amide bonds. The number of nitrogens with zero attached hydrogens (tertiary/aromatic N) is 4. The summed E-state index contributed by atoms with van der Waals surface area (Å²) in [5.74, 6) is -0.633. The first-order chi connectivity index (χ1) is 12.5. The molecule has 26 heavy (non-hydrogen) atoms. The smallest absolute Gasteiger partial charge is 0.280 e. The van der Waals surface area contributed by atoms with Crippen LogP contribution in [0.3, 0.4) is 0 Å². The predicted molar refractivity (Wildman–Crippen MR) is 98.2 cm³/mol. The molecule has 3 heterocycles. The van der Waals surface area contributed by atoms with Crippen molar-refractivity contribution in [1.29, 1.82) is 0 Å². The summed E-state index contributed by atoms with van der Waals surface area (Å²) >= 11 is 1.30. The Labute approximate surface area is 154 Å². The molecule has 0 saturated carbocycles. The maximum Gasteiger partial charge on any atom is 0.280 e. The van der Waals surface area contributed by atoms with E-state index in [1.54, 1.807) is 34.8 Å². The third kappa shape index (κ3) is 3.10. The minimum absolute atomic E-state index is 0.0411. The van der Waals surface area contributed by atoms with Crippen molar-refractivity contribution in [2.75, 3.05) is 18.1 Å². The number of para-hydroxylation sites is 1. The van der Waals surface area contributed by atoms with Gasteiger partial charge in [-0.25, -0.2) is 9.37 Å². The fourth-order valence-electron chi connectivity index (χ4n) is 3.06. The molecule has 0 radical (unpaired) electrons. The molecule has 0 unspecified atom stereocenters. The predicted octanol–water partition coefficient (Wildman–Crippen LogP) is 3.30. The summed E-state index contributed by atoms with van der Waals surface area (Å²) in [5.41, 5.74) is 1.53. The molecule has 8 heteroatoms. The van der Waals surface area contributed by atoms with Crippen molar-refractivity contribution in [3.05, 3.63) is 41.5 Å². The molecule has 0 bridgehead atoms. The van der Waals surface area contributed by atoms with Crippen LogP contribution in [-0.2, 0) is 11.8 Å². The van der Waals surface area contributed by atoms with Crippen molar-refractivity contribution in [3.63, 3.8) is 0 Å². The van der Waals surface area contributed by atoms with Crippen LogP contribution in [0.4, 0.5) is 9.52 Å². The number of hydrogen-bond acceptors (Lipinski definition) is 5. The number of thiazole rings is 1. The average Bonchev–Trinajstić information content (AvgIpc) is 3.33. The number of aromatic nitrogens is 3. The van der Waals surface area contributed by atoms with E-state index in [4.69, 9.17) is 4.74 Å². The second-order valence-electron chi connectivity index (χ2n) is 6.43. The fourth-order valence-corrected chi connectivity index (χ4v) is 4.05. The lowest BCUT2D eigenvalue weighted by molar-refractivity contribution is 0.0913. The first-order valence-electron chi connectivity index (χ1n) is 8.52. The summed E-state index contributed by atoms with van der Waals surface area (Å²) in [7, 11) is 1.80. The zero-order valence-corrected chi connectivity index (χ0v) is 15.4. The van der Waals surface area contributed by atoms with Gasteiger partial charge in [0.25, 0.3) is 5.91 Å². The molecule has 6 nitrogen and oxygen atoms in total. The van der Waals surface area contributed by atoms with Crippen molar-refractivity contribution in [2.24, 2.45) is 7.05 Å². The van der Waals surface area contributed by atoms with E-state index in [2.05, 4.69) is 10.1 Å². The summed E-state index contributed by atoms with van der Waals surface area (Å²) in [6.07, 6.45) is 1.83. The number of hydrogen-bond donors (Lipinski definition) is 0. The molecule has 0 aliphatic carbocycles. The van der Waals surface area contributed by atoms with Crippen molar-refractivity contribution in [1.82, 2.24) is 14.8 Å². The van der Waals surface area contributed by atoms with Crippen molar-refractivity contribution < 1.29 is 13.9 Å². The van der Waals surface area contributed by atoms with Crippen LogP contribution in [0.15, 0.2) is 24.3 Å². The standard InChI is InChI=1S/C18H19FN4O2S/c1-11-9-14(21-22(11)2)17(24)23(10-12-5-4-8-25-12)18-20-16-13(19)6-3-7-15(16)26-18/h3,6-7,9,12H,4-5,8,10H2,1-2H3/t12-/m1/s1. The lowest BCUT2D eigenvalue weighted by Crippen LogP contribution is -2.37. The lowest BCUT2D eigenvalue weighted by atomic mass is 10.2. The lowest BCUT2D eigenvalue weighted by Gasteiger charge is -2.22. The highest BCUT2D eigenvalue weighted by atomic mass is 32.1. The number of carbonyl (C=O) groups is 1. The summed E-state index contributed by atoms with van der Waals surface area (Å²) in [6, 6.07) is 6.58. The quantitative estimate of drug-likeness (QED) is 0.703. The third-order valence-electron chi connectivity index (χ3n) is 4.58. The van der Waals surface area contributed by atoms with E-state index in [1.807, 2.05) is 6.92 Å². The van der Waals surface area contributed by atoms with Crippen LogP contribution in [0.1, 0.15) is 29.0 Å². The van der Waals surface area contributed by atoms with Crippen LogP contribution in [0, 0.1) is 12.7 Å². The molecular formula is C18H19FN4O2S. The molecule has 1 atom stereocenters. The Kier molecular flexibility index (Phi) is 4.46. The highest BCUT2D eigenvalue weighted by molar-refractivity contribution is 7.22. The van der Waals surface area contributed by atoms with Gasteiger partial charge < -0.3 is 4.74 Å². The first kappa shape index (κ1) is 17.1. The summed E-state index contributed by atoms with van der Waals surface area (Å²) in [6.45, 7) is 2.97. The van der Waals surface area contributed by atoms with E-state index in [9.17, 15) is 9.18 Å². The maximum absolute atomic E-state index is 14.0. The molecule has 2 aromatic heterocycles. The van der Waals surface area contributed by atoms with Crippen LogP contribution in [0.25, 0.3) is 10.2 Å². The molecule has 3 aromatic rings. The normalized spacial score (nSPS) is 17.1. The van der Waals surface area contributed by atoms with Crippen LogP contribution in [-0.4, -0.2) is 39.9 Å². The zero-order valence-electron chi connectivity index (χ0n) is 14.6. The first-order valence-corrected chi connectivity index (χ1v) is 9.34. The molecule has 1 aliphatic rings. The number of aryl methyl sites for hydroxylation is 2. The Bertz CT molecular complexity index is 942. The van der Waals surface area contributed by atoms with Crippen LogP contribution >= 0.6 is 11.3 Å². The van der Waals surface area contributed by atoms with E-state index < -0.39 is 0 Å². The second-order valence-corrected chi connectivity index (χ2v) is 7.44. The Hall–Kier alpha value is -2.32. The summed E-state index contributed by atoms with van der Waals surface area (Å²) < 4.78 is 22.1. The minimum Gasteiger partial charge on any atom is -0.376 e. The number of anilines is 1. The molecule has 1 aromatic carbocycles. The van der Waals surface area contributed by atoms with E-state index >= 15 is 0 Å². The van der Waals surface area contributed by atoms with E-state index in [1.165, 1.54) is 17.4 Å². The second kappa shape index (κ2) is 6.77. The van der Waals surface area contributed by atoms with Gasteiger partial charge >= 0.3 is 0 Å². The fraction of sp³-hybridized carbons (Fsp3) is 0.389. The number of amides is 1. The van der Waals surface area contributed by atoms with Gasteiger partial charge in [0, 0.05) is 19.3 Å². The Morgan fingerprint density at radius 2 is 2.35 bits per heavy atom. The maximum atomic E-state index is 14.0. The number of halogens is 1. The average molecular weight is 374 g/mol. The van der Waals surface area contributed by atoms with Gasteiger partial charge in [0.15, 0.2) is 10.8 Å². The number of carbonyl (C=O) groups excluding carboxylic acids is 1. The topological polar surface area (TPSA) is 60.3 Å². The Morgan fingerprint density at radius 3 is 3.00 bits per heavy atom. The minimum atomic E-state index is -0.386. The number of ether oxygens (including phenoxy) is 1. The molecule has 1 saturated heterocycles. The number of benzene rings is 1. The summed E-state index contributed by atoms with van der Waals surface area (Å²) in [5, 5.41) is 4.76. The summed E-state index contributed by atoms with van der Waals surface area (Å²) in [4.78, 5) is 19.1. The molecule has 4 rings (SSSR count). The Morgan fingerprint density at radius 1 is 1.50 bits per heavy atom. The molecule has 1 fully saturated rings. The van der Waals surface area contributed by atoms with Crippen molar-refractivity contribution >= 4 is 32.6 Å². The highest BCUT2D eigenvalue weighted by Crippen LogP contribution is 2.32. The molecular weight excluding hydrogens is 355 g/mol. The SMILES string of the molecule is Cc1cc(C(=O)N(C[C@H]2CCCO2)c2nc3c(F)cccc3s2)nn1C.